The summed E-state index contributed by atoms with van der Waals surface area (Å²) in [7, 11) is 0.293. The number of aryl methyl sites for hydroxylation is 1. The summed E-state index contributed by atoms with van der Waals surface area (Å²) in [5.74, 6) is 1.20. The number of nitrogens with one attached hydrogen (secondary N) is 2. The van der Waals surface area contributed by atoms with Crippen LogP contribution in [0.2, 0.25) is 0 Å². The molecule has 0 radical (unpaired) electrons. The van der Waals surface area contributed by atoms with Crippen LogP contribution >= 0.6 is 0 Å². The molecule has 0 fully saturated rings. The molecule has 0 amide bonds. The summed E-state index contributed by atoms with van der Waals surface area (Å²) in [6, 6.07) is 13.3. The lowest BCUT2D eigenvalue weighted by atomic mass is 10.3. The molecule has 9 nitrogen and oxygen atoms in total. The molecule has 0 aliphatic carbocycles. The van der Waals surface area contributed by atoms with Crippen molar-refractivity contribution in [3.63, 3.8) is 0 Å². The molecule has 0 saturated carbocycles. The van der Waals surface area contributed by atoms with Gasteiger partial charge in [0.1, 0.15) is 4.90 Å². The summed E-state index contributed by atoms with van der Waals surface area (Å²) in [5, 5.41) is 11.1. The maximum atomic E-state index is 12.9. The lowest BCUT2D eigenvalue weighted by Crippen LogP contribution is -2.14. The molecular weight excluding hydrogens is 408 g/mol. The number of aromatic nitrogens is 2. The van der Waals surface area contributed by atoms with Gasteiger partial charge in [0.25, 0.3) is 10.0 Å². The zero-order chi connectivity index (χ0) is 21.7. The van der Waals surface area contributed by atoms with E-state index in [1.54, 1.807) is 24.3 Å². The first-order chi connectivity index (χ1) is 14.4. The summed E-state index contributed by atoms with van der Waals surface area (Å²) < 4.78 is 44.1. The van der Waals surface area contributed by atoms with Crippen LogP contribution < -0.4 is 24.2 Å². The van der Waals surface area contributed by atoms with Crippen LogP contribution in [0.15, 0.2) is 53.4 Å². The number of rotatable bonds is 8. The minimum Gasteiger partial charge on any atom is -0.493 e. The highest BCUT2D eigenvalue weighted by Gasteiger charge is 2.25. The van der Waals surface area contributed by atoms with E-state index in [-0.39, 0.29) is 16.4 Å². The van der Waals surface area contributed by atoms with Crippen molar-refractivity contribution in [1.29, 1.82) is 0 Å². The summed E-state index contributed by atoms with van der Waals surface area (Å²) in [6.45, 7) is 1.85. The van der Waals surface area contributed by atoms with Gasteiger partial charge in [-0.25, -0.2) is 8.42 Å². The van der Waals surface area contributed by atoms with E-state index in [1.165, 1.54) is 33.5 Å². The molecule has 0 spiro atoms. The van der Waals surface area contributed by atoms with Crippen LogP contribution in [0.5, 0.6) is 17.2 Å². The van der Waals surface area contributed by atoms with Crippen LogP contribution in [0.25, 0.3) is 0 Å². The Balaban J connectivity index is 1.82. The average molecular weight is 430 g/mol. The first kappa shape index (κ1) is 21.2. The molecule has 0 bridgehead atoms. The third-order valence-corrected chi connectivity index (χ3v) is 5.57. The normalized spacial score (nSPS) is 10.9. The molecule has 158 valence electrons. The third-order valence-electron chi connectivity index (χ3n) is 4.16. The summed E-state index contributed by atoms with van der Waals surface area (Å²) in [5.41, 5.74) is 1.93. The number of hydrogen-bond acceptors (Lipinski definition) is 8. The van der Waals surface area contributed by atoms with E-state index in [0.29, 0.717) is 17.3 Å². The summed E-state index contributed by atoms with van der Waals surface area (Å²) in [4.78, 5) is -0.0696. The second-order valence-electron chi connectivity index (χ2n) is 6.20. The van der Waals surface area contributed by atoms with Crippen molar-refractivity contribution in [3.8, 4) is 17.2 Å². The Labute approximate surface area is 175 Å². The molecule has 0 aliphatic heterocycles. The maximum absolute atomic E-state index is 12.9. The van der Waals surface area contributed by atoms with Crippen molar-refractivity contribution >= 4 is 27.2 Å². The zero-order valence-corrected chi connectivity index (χ0v) is 17.8. The molecule has 1 heterocycles. The highest BCUT2D eigenvalue weighted by atomic mass is 32.2. The van der Waals surface area contributed by atoms with Gasteiger partial charge in [-0.3, -0.25) is 4.72 Å². The first-order valence-electron chi connectivity index (χ1n) is 8.87. The van der Waals surface area contributed by atoms with Crippen molar-refractivity contribution < 1.29 is 22.6 Å². The summed E-state index contributed by atoms with van der Waals surface area (Å²) >= 11 is 0. The van der Waals surface area contributed by atoms with E-state index < -0.39 is 10.0 Å². The van der Waals surface area contributed by atoms with Gasteiger partial charge < -0.3 is 19.5 Å². The van der Waals surface area contributed by atoms with Crippen LogP contribution in [0, 0.1) is 6.92 Å². The Morgan fingerprint density at radius 3 is 2.00 bits per heavy atom. The van der Waals surface area contributed by atoms with E-state index in [0.717, 1.165) is 11.4 Å². The Bertz CT molecular complexity index is 1120. The second kappa shape index (κ2) is 8.87. The molecule has 1 aromatic heterocycles. The topological polar surface area (TPSA) is 112 Å². The van der Waals surface area contributed by atoms with Crippen LogP contribution in [0.1, 0.15) is 5.69 Å². The molecule has 2 N–H and O–H groups in total. The molecule has 0 saturated heterocycles. The van der Waals surface area contributed by atoms with Gasteiger partial charge in [-0.2, -0.15) is 5.10 Å². The van der Waals surface area contributed by atoms with E-state index in [4.69, 9.17) is 14.2 Å². The number of benzene rings is 2. The number of anilines is 3. The average Bonchev–Trinajstić information content (AvgIpc) is 2.75. The largest absolute Gasteiger partial charge is 0.493 e. The number of ether oxygens (including phenoxy) is 3. The van der Waals surface area contributed by atoms with Gasteiger partial charge in [0.15, 0.2) is 17.3 Å². The minimum atomic E-state index is -3.94. The van der Waals surface area contributed by atoms with Gasteiger partial charge >= 0.3 is 0 Å². The van der Waals surface area contributed by atoms with Crippen LogP contribution in [0.3, 0.4) is 0 Å². The fraction of sp³-hybridized carbons (Fsp3) is 0.200. The Morgan fingerprint density at radius 2 is 1.43 bits per heavy atom. The lowest BCUT2D eigenvalue weighted by molar-refractivity contribution is 0.319. The van der Waals surface area contributed by atoms with E-state index >= 15 is 0 Å². The van der Waals surface area contributed by atoms with E-state index in [1.807, 2.05) is 19.1 Å². The Kier molecular flexibility index (Phi) is 6.26. The van der Waals surface area contributed by atoms with Gasteiger partial charge in [0, 0.05) is 11.4 Å². The molecule has 0 aliphatic rings. The quantitative estimate of drug-likeness (QED) is 0.560. The lowest BCUT2D eigenvalue weighted by Gasteiger charge is -2.16. The van der Waals surface area contributed by atoms with Gasteiger partial charge in [0.05, 0.1) is 27.0 Å². The van der Waals surface area contributed by atoms with Crippen LogP contribution in [-0.4, -0.2) is 39.9 Å². The monoisotopic (exact) mass is 430 g/mol. The minimum absolute atomic E-state index is 0.0561. The molecule has 2 aromatic carbocycles. The fourth-order valence-electron chi connectivity index (χ4n) is 2.73. The van der Waals surface area contributed by atoms with Crippen molar-refractivity contribution in [1.82, 2.24) is 10.2 Å². The van der Waals surface area contributed by atoms with Crippen LogP contribution in [-0.2, 0) is 10.0 Å². The molecule has 0 atom stereocenters. The third kappa shape index (κ3) is 4.54. The first-order valence-corrected chi connectivity index (χ1v) is 10.4. The highest BCUT2D eigenvalue weighted by Crippen LogP contribution is 2.42. The predicted octanol–water partition coefficient (Wildman–Crippen LogP) is 3.36. The van der Waals surface area contributed by atoms with Crippen molar-refractivity contribution in [3.05, 3.63) is 54.2 Å². The number of nitrogens with zero attached hydrogens (tertiary/aromatic N) is 2. The van der Waals surface area contributed by atoms with Gasteiger partial charge in [-0.1, -0.05) is 0 Å². The van der Waals surface area contributed by atoms with Gasteiger partial charge in [-0.15, -0.1) is 5.10 Å². The summed E-state index contributed by atoms with van der Waals surface area (Å²) in [6.07, 6.45) is 0. The Hall–Kier alpha value is -3.53. The number of sulfonamides is 1. The number of methoxy groups -OCH3 is 3. The Morgan fingerprint density at radius 1 is 0.767 bits per heavy atom. The zero-order valence-electron chi connectivity index (χ0n) is 17.0. The SMILES string of the molecule is COc1ccc(S(=O)(=O)Nc2ccc(Nc3ccc(C)nn3)cc2)c(OC)c1OC. The van der Waals surface area contributed by atoms with Crippen LogP contribution in [0.4, 0.5) is 17.2 Å². The van der Waals surface area contributed by atoms with Crippen molar-refractivity contribution in [2.75, 3.05) is 31.4 Å². The molecule has 0 unspecified atom stereocenters. The molecular formula is C20H22N4O5S. The fourth-order valence-corrected chi connectivity index (χ4v) is 3.95. The van der Waals surface area contributed by atoms with E-state index in [9.17, 15) is 8.42 Å². The van der Waals surface area contributed by atoms with Gasteiger partial charge in [-0.05, 0) is 55.5 Å². The predicted molar refractivity (Wildman–Crippen MR) is 113 cm³/mol. The highest BCUT2D eigenvalue weighted by molar-refractivity contribution is 7.92. The van der Waals surface area contributed by atoms with Gasteiger partial charge in [0.2, 0.25) is 5.75 Å². The molecule has 10 heteroatoms. The van der Waals surface area contributed by atoms with Crippen molar-refractivity contribution in [2.45, 2.75) is 11.8 Å². The molecule has 3 aromatic rings. The van der Waals surface area contributed by atoms with E-state index in [2.05, 4.69) is 20.2 Å². The molecule has 3 rings (SSSR count). The molecule has 30 heavy (non-hydrogen) atoms. The standard InChI is InChI=1S/C20H22N4O5S/c1-13-5-12-18(23-22-13)21-14-6-8-15(9-7-14)24-30(25,26)17-11-10-16(27-2)19(28-3)20(17)29-4/h5-12,24H,1-4H3,(H,21,23). The number of hydrogen-bond donors (Lipinski definition) is 2. The van der Waals surface area contributed by atoms with Crippen molar-refractivity contribution in [2.24, 2.45) is 0 Å². The smallest absolute Gasteiger partial charge is 0.265 e. The second-order valence-corrected chi connectivity index (χ2v) is 7.85. The maximum Gasteiger partial charge on any atom is 0.265 e.